The van der Waals surface area contributed by atoms with Crippen LogP contribution in [0, 0.1) is 5.92 Å². The van der Waals surface area contributed by atoms with Crippen LogP contribution in [0.4, 0.5) is 0 Å². The zero-order valence-electron chi connectivity index (χ0n) is 13.3. The maximum atomic E-state index is 11.9. The molecule has 0 radical (unpaired) electrons. The zero-order valence-corrected chi connectivity index (χ0v) is 14.1. The highest BCUT2D eigenvalue weighted by Gasteiger charge is 2.20. The van der Waals surface area contributed by atoms with Gasteiger partial charge in [0.05, 0.1) is 11.9 Å². The van der Waals surface area contributed by atoms with Gasteiger partial charge in [-0.3, -0.25) is 4.99 Å². The van der Waals surface area contributed by atoms with Crippen molar-refractivity contribution in [3.05, 3.63) is 0 Å². The number of sulfonamides is 1. The normalized spacial score (nSPS) is 23.3. The lowest BCUT2D eigenvalue weighted by atomic mass is 9.86. The van der Waals surface area contributed by atoms with E-state index < -0.39 is 10.0 Å². The van der Waals surface area contributed by atoms with Crippen molar-refractivity contribution in [2.75, 3.05) is 39.0 Å². The van der Waals surface area contributed by atoms with E-state index in [0.29, 0.717) is 31.5 Å². The van der Waals surface area contributed by atoms with E-state index in [0.717, 1.165) is 32.3 Å². The Kier molecular flexibility index (Phi) is 6.91. The fraction of sp³-hybridized carbons (Fsp3) is 0.929. The summed E-state index contributed by atoms with van der Waals surface area (Å²) < 4.78 is 32.0. The second kappa shape index (κ2) is 8.69. The molecule has 1 atom stereocenters. The molecule has 1 heterocycles. The second-order valence-corrected chi connectivity index (χ2v) is 7.91. The highest BCUT2D eigenvalue weighted by Crippen LogP contribution is 2.25. The molecular formula is C14H28N4O3S. The third-order valence-electron chi connectivity index (χ3n) is 4.22. The van der Waals surface area contributed by atoms with Crippen LogP contribution in [0.1, 0.15) is 32.1 Å². The first kappa shape index (κ1) is 17.5. The molecule has 2 aliphatic rings. The number of aliphatic imine (C=N–C) groups is 1. The molecule has 1 aliphatic heterocycles. The van der Waals surface area contributed by atoms with E-state index >= 15 is 0 Å². The third-order valence-corrected chi connectivity index (χ3v) is 5.57. The summed E-state index contributed by atoms with van der Waals surface area (Å²) in [7, 11) is -1.53. The molecule has 0 aromatic rings. The van der Waals surface area contributed by atoms with E-state index in [-0.39, 0.29) is 11.9 Å². The lowest BCUT2D eigenvalue weighted by molar-refractivity contribution is 0.114. The average Bonchev–Trinajstić information content (AvgIpc) is 2.93. The standard InChI is InChI=1S/C14H28N4O3S/c1-15-14(17-11-13-6-3-8-21-13)16-7-9-22(19,20)18-10-12-4-2-5-12/h12-13,18H,2-11H2,1H3,(H2,15,16,17). The van der Waals surface area contributed by atoms with Gasteiger partial charge in [0.15, 0.2) is 5.96 Å². The highest BCUT2D eigenvalue weighted by atomic mass is 32.2. The topological polar surface area (TPSA) is 91.8 Å². The summed E-state index contributed by atoms with van der Waals surface area (Å²) in [6, 6.07) is 0. The second-order valence-electron chi connectivity index (χ2n) is 5.98. The van der Waals surface area contributed by atoms with E-state index in [2.05, 4.69) is 20.3 Å². The quantitative estimate of drug-likeness (QED) is 0.431. The molecule has 0 amide bonds. The van der Waals surface area contributed by atoms with Crippen LogP contribution >= 0.6 is 0 Å². The van der Waals surface area contributed by atoms with Crippen molar-refractivity contribution in [2.45, 2.75) is 38.2 Å². The average molecular weight is 332 g/mol. The van der Waals surface area contributed by atoms with Crippen molar-refractivity contribution in [3.63, 3.8) is 0 Å². The van der Waals surface area contributed by atoms with Crippen LogP contribution in [0.3, 0.4) is 0 Å². The van der Waals surface area contributed by atoms with Crippen LogP contribution in [0.2, 0.25) is 0 Å². The van der Waals surface area contributed by atoms with Gasteiger partial charge in [-0.25, -0.2) is 13.1 Å². The summed E-state index contributed by atoms with van der Waals surface area (Å²) >= 11 is 0. The van der Waals surface area contributed by atoms with Gasteiger partial charge < -0.3 is 15.4 Å². The number of rotatable bonds is 8. The molecular weight excluding hydrogens is 304 g/mol. The summed E-state index contributed by atoms with van der Waals surface area (Å²) in [5.41, 5.74) is 0. The first-order valence-electron chi connectivity index (χ1n) is 8.12. The van der Waals surface area contributed by atoms with Gasteiger partial charge in [-0.15, -0.1) is 0 Å². The Morgan fingerprint density at radius 1 is 1.18 bits per heavy atom. The van der Waals surface area contributed by atoms with Crippen molar-refractivity contribution in [3.8, 4) is 0 Å². The van der Waals surface area contributed by atoms with E-state index in [1.54, 1.807) is 7.05 Å². The molecule has 128 valence electrons. The van der Waals surface area contributed by atoms with Gasteiger partial charge in [0.25, 0.3) is 0 Å². The lowest BCUT2D eigenvalue weighted by Crippen LogP contribution is -2.44. The summed E-state index contributed by atoms with van der Waals surface area (Å²) in [6.07, 6.45) is 5.89. The van der Waals surface area contributed by atoms with Crippen LogP contribution in [-0.4, -0.2) is 59.5 Å². The smallest absolute Gasteiger partial charge is 0.213 e. The minimum Gasteiger partial charge on any atom is -0.376 e. The predicted molar refractivity (Wildman–Crippen MR) is 87.5 cm³/mol. The minimum atomic E-state index is -3.21. The molecule has 7 nitrogen and oxygen atoms in total. The number of ether oxygens (including phenoxy) is 1. The Labute approximate surface area is 133 Å². The van der Waals surface area contributed by atoms with E-state index in [4.69, 9.17) is 4.74 Å². The molecule has 1 saturated heterocycles. The fourth-order valence-electron chi connectivity index (χ4n) is 2.55. The van der Waals surface area contributed by atoms with Crippen LogP contribution in [0.15, 0.2) is 4.99 Å². The Balaban J connectivity index is 1.60. The Morgan fingerprint density at radius 2 is 2.00 bits per heavy atom. The molecule has 8 heteroatoms. The van der Waals surface area contributed by atoms with Crippen molar-refractivity contribution in [1.82, 2.24) is 15.4 Å². The predicted octanol–water partition coefficient (Wildman–Crippen LogP) is 0.0499. The van der Waals surface area contributed by atoms with Crippen LogP contribution in [-0.2, 0) is 14.8 Å². The van der Waals surface area contributed by atoms with Gasteiger partial charge in [-0.1, -0.05) is 6.42 Å². The molecule has 0 bridgehead atoms. The van der Waals surface area contributed by atoms with E-state index in [9.17, 15) is 8.42 Å². The Morgan fingerprint density at radius 3 is 2.59 bits per heavy atom. The molecule has 1 unspecified atom stereocenters. The molecule has 22 heavy (non-hydrogen) atoms. The molecule has 1 aliphatic carbocycles. The molecule has 3 N–H and O–H groups in total. The van der Waals surface area contributed by atoms with Gasteiger partial charge >= 0.3 is 0 Å². The molecule has 2 rings (SSSR count). The molecule has 2 fully saturated rings. The Hall–Kier alpha value is -0.860. The number of nitrogens with zero attached hydrogens (tertiary/aromatic N) is 1. The van der Waals surface area contributed by atoms with Crippen molar-refractivity contribution < 1.29 is 13.2 Å². The van der Waals surface area contributed by atoms with Gasteiger partial charge in [-0.2, -0.15) is 0 Å². The van der Waals surface area contributed by atoms with Gasteiger partial charge in [-0.05, 0) is 31.6 Å². The maximum Gasteiger partial charge on any atom is 0.213 e. The first-order chi connectivity index (χ1) is 10.6. The summed E-state index contributed by atoms with van der Waals surface area (Å²) in [6.45, 7) is 2.44. The molecule has 0 spiro atoms. The van der Waals surface area contributed by atoms with Crippen molar-refractivity contribution in [2.24, 2.45) is 10.9 Å². The lowest BCUT2D eigenvalue weighted by Gasteiger charge is -2.25. The summed E-state index contributed by atoms with van der Waals surface area (Å²) in [5, 5.41) is 6.19. The Bertz CT molecular complexity index is 457. The monoisotopic (exact) mass is 332 g/mol. The van der Waals surface area contributed by atoms with Gasteiger partial charge in [0.1, 0.15) is 0 Å². The van der Waals surface area contributed by atoms with E-state index in [1.807, 2.05) is 0 Å². The highest BCUT2D eigenvalue weighted by molar-refractivity contribution is 7.89. The van der Waals surface area contributed by atoms with Gasteiger partial charge in [0, 0.05) is 33.3 Å². The van der Waals surface area contributed by atoms with E-state index in [1.165, 1.54) is 6.42 Å². The van der Waals surface area contributed by atoms with Crippen LogP contribution in [0.5, 0.6) is 0 Å². The molecule has 0 aromatic heterocycles. The van der Waals surface area contributed by atoms with Crippen molar-refractivity contribution in [1.29, 1.82) is 0 Å². The first-order valence-corrected chi connectivity index (χ1v) is 9.78. The van der Waals surface area contributed by atoms with Crippen LogP contribution < -0.4 is 15.4 Å². The summed E-state index contributed by atoms with van der Waals surface area (Å²) in [4.78, 5) is 4.09. The largest absolute Gasteiger partial charge is 0.376 e. The number of nitrogens with one attached hydrogen (secondary N) is 3. The fourth-order valence-corrected chi connectivity index (χ4v) is 3.56. The molecule has 0 aromatic carbocycles. The van der Waals surface area contributed by atoms with Crippen molar-refractivity contribution >= 4 is 16.0 Å². The number of guanidine groups is 1. The number of hydrogen-bond acceptors (Lipinski definition) is 4. The SMILES string of the molecule is CN=C(NCCS(=O)(=O)NCC1CCC1)NCC1CCCO1. The minimum absolute atomic E-state index is 0.0559. The third kappa shape index (κ3) is 6.10. The van der Waals surface area contributed by atoms with Gasteiger partial charge in [0.2, 0.25) is 10.0 Å². The zero-order chi connectivity index (χ0) is 15.8. The maximum absolute atomic E-state index is 11.9. The molecule has 1 saturated carbocycles. The van der Waals surface area contributed by atoms with Crippen LogP contribution in [0.25, 0.3) is 0 Å². The number of hydrogen-bond donors (Lipinski definition) is 3. The summed E-state index contributed by atoms with van der Waals surface area (Å²) in [5.74, 6) is 1.20.